The molecule has 0 fully saturated rings. The molecule has 0 spiro atoms. The van der Waals surface area contributed by atoms with Crippen molar-refractivity contribution in [3.63, 3.8) is 0 Å². The minimum Gasteiger partial charge on any atom is -0.351 e. The van der Waals surface area contributed by atoms with Crippen LogP contribution in [0.5, 0.6) is 0 Å². The van der Waals surface area contributed by atoms with Gasteiger partial charge in [0.15, 0.2) is 0 Å². The fourth-order valence-corrected chi connectivity index (χ4v) is 3.88. The van der Waals surface area contributed by atoms with E-state index in [1.807, 2.05) is 36.4 Å². The number of halogens is 1. The van der Waals surface area contributed by atoms with Gasteiger partial charge in [0.2, 0.25) is 0 Å². The molecule has 3 aromatic carbocycles. The zero-order valence-corrected chi connectivity index (χ0v) is 17.1. The summed E-state index contributed by atoms with van der Waals surface area (Å²) in [5.74, 6) is 0. The minimum absolute atomic E-state index is 0.184. The topological polar surface area (TPSA) is 86.9 Å². The number of para-hydroxylation sites is 3. The van der Waals surface area contributed by atoms with Crippen LogP contribution >= 0.6 is 15.9 Å². The molecule has 0 aliphatic carbocycles. The number of carbonyl (C=O) groups is 1. The van der Waals surface area contributed by atoms with E-state index >= 15 is 0 Å². The fourth-order valence-electron chi connectivity index (χ4n) is 2.84. The van der Waals surface area contributed by atoms with Crippen LogP contribution in [-0.4, -0.2) is 14.8 Å². The van der Waals surface area contributed by atoms with Gasteiger partial charge in [-0.3, -0.25) is 13.8 Å². The second-order valence-corrected chi connectivity index (χ2v) is 7.62. The highest BCUT2D eigenvalue weighted by molar-refractivity contribution is 9.10. The van der Waals surface area contributed by atoms with E-state index in [9.17, 15) is 13.6 Å². The number of urea groups is 1. The lowest BCUT2D eigenvalue weighted by Gasteiger charge is -2.28. The van der Waals surface area contributed by atoms with Gasteiger partial charge in [-0.25, -0.2) is 9.00 Å². The molecule has 0 heterocycles. The van der Waals surface area contributed by atoms with Gasteiger partial charge in [-0.15, -0.1) is 0 Å². The Bertz CT molecular complexity index is 1000. The monoisotopic (exact) mass is 459 g/mol. The van der Waals surface area contributed by atoms with Gasteiger partial charge < -0.3 is 5.73 Å². The molecule has 0 aromatic heterocycles. The number of anilines is 3. The molecule has 1 unspecified atom stereocenters. The Balaban J connectivity index is 2.11. The van der Waals surface area contributed by atoms with E-state index < -0.39 is 17.3 Å². The number of benzene rings is 3. The van der Waals surface area contributed by atoms with Crippen LogP contribution in [0.4, 0.5) is 21.9 Å². The van der Waals surface area contributed by atoms with Crippen LogP contribution in [0, 0.1) is 0 Å². The number of hydrogen-bond acceptors (Lipinski definition) is 2. The predicted octanol–water partition coefficient (Wildman–Crippen LogP) is 4.81. The largest absolute Gasteiger partial charge is 0.351 e. The smallest absolute Gasteiger partial charge is 0.323 e. The zero-order valence-electron chi connectivity index (χ0n) is 14.7. The van der Waals surface area contributed by atoms with Crippen LogP contribution in [0.3, 0.4) is 0 Å². The zero-order chi connectivity index (χ0) is 20.1. The average Bonchev–Trinajstić information content (AvgIpc) is 2.69. The lowest BCUT2D eigenvalue weighted by atomic mass is 10.2. The molecule has 0 bridgehead atoms. The molecule has 0 saturated heterocycles. The molecule has 6 nitrogen and oxygen atoms in total. The molecular weight excluding hydrogens is 442 g/mol. The summed E-state index contributed by atoms with van der Waals surface area (Å²) >= 11 is 1.12. The summed E-state index contributed by atoms with van der Waals surface area (Å²) in [6, 6.07) is 22.6. The number of nitrogens with two attached hydrogens (primary N) is 1. The molecule has 2 amide bonds. The molecular formula is C20H18BrN3O3S. The molecule has 144 valence electrons. The van der Waals surface area contributed by atoms with E-state index in [1.165, 1.54) is 9.21 Å². The lowest BCUT2D eigenvalue weighted by Crippen LogP contribution is -2.34. The van der Waals surface area contributed by atoms with E-state index in [4.69, 9.17) is 5.73 Å². The number of hydrogen-bond donors (Lipinski definition) is 2. The van der Waals surface area contributed by atoms with Crippen molar-refractivity contribution in [2.24, 2.45) is 5.73 Å². The van der Waals surface area contributed by atoms with Crippen molar-refractivity contribution in [3.8, 4) is 0 Å². The van der Waals surface area contributed by atoms with Gasteiger partial charge in [-0.2, -0.15) is 0 Å². The summed E-state index contributed by atoms with van der Waals surface area (Å²) < 4.78 is 24.1. The van der Waals surface area contributed by atoms with Gasteiger partial charge in [0.1, 0.15) is 0 Å². The quantitative estimate of drug-likeness (QED) is 0.518. The van der Waals surface area contributed by atoms with Crippen LogP contribution in [0.25, 0.3) is 0 Å². The van der Waals surface area contributed by atoms with E-state index in [1.54, 1.807) is 42.5 Å². The Morgan fingerprint density at radius 3 is 2.00 bits per heavy atom. The number of amides is 2. The van der Waals surface area contributed by atoms with Crippen LogP contribution in [-0.2, 0) is 17.8 Å². The minimum atomic E-state index is -2.31. The highest BCUT2D eigenvalue weighted by Gasteiger charge is 2.24. The molecule has 0 aliphatic heterocycles. The second kappa shape index (κ2) is 9.01. The van der Waals surface area contributed by atoms with E-state index in [2.05, 4.69) is 15.9 Å². The van der Waals surface area contributed by atoms with E-state index in [-0.39, 0.29) is 6.54 Å². The van der Waals surface area contributed by atoms with Gasteiger partial charge in [0, 0.05) is 4.47 Å². The standard InChI is InChI=1S/C20H18BrN3O3S/c21-16-10-4-5-11-17(16)24(20(22)25)19-13-7-6-12-18(19)23(28(26)27)14-15-8-2-1-3-9-15/h1-13H,14H2,(H2,22,25)(H,26,27). The summed E-state index contributed by atoms with van der Waals surface area (Å²) in [7, 11) is 0. The highest BCUT2D eigenvalue weighted by atomic mass is 79.9. The first-order valence-electron chi connectivity index (χ1n) is 8.34. The van der Waals surface area contributed by atoms with Gasteiger partial charge in [-0.1, -0.05) is 54.6 Å². The third-order valence-electron chi connectivity index (χ3n) is 4.06. The SMILES string of the molecule is NC(=O)N(c1ccccc1Br)c1ccccc1N(Cc1ccccc1)S(=O)O. The fraction of sp³-hybridized carbons (Fsp3) is 0.0500. The van der Waals surface area contributed by atoms with Gasteiger partial charge in [0.25, 0.3) is 11.3 Å². The Morgan fingerprint density at radius 2 is 1.43 bits per heavy atom. The molecule has 1 atom stereocenters. The van der Waals surface area contributed by atoms with Crippen molar-refractivity contribution in [1.29, 1.82) is 0 Å². The van der Waals surface area contributed by atoms with Crippen molar-refractivity contribution in [1.82, 2.24) is 0 Å². The number of primary amides is 1. The first-order chi connectivity index (χ1) is 13.5. The van der Waals surface area contributed by atoms with Gasteiger partial charge in [-0.05, 0) is 45.8 Å². The molecule has 3 aromatic rings. The summed E-state index contributed by atoms with van der Waals surface area (Å²) in [4.78, 5) is 13.6. The molecule has 0 aliphatic rings. The Kier molecular flexibility index (Phi) is 6.45. The van der Waals surface area contributed by atoms with Crippen LogP contribution in [0.2, 0.25) is 0 Å². The van der Waals surface area contributed by atoms with Crippen molar-refractivity contribution in [3.05, 3.63) is 88.9 Å². The molecule has 8 heteroatoms. The summed E-state index contributed by atoms with van der Waals surface area (Å²) in [6.45, 7) is 0.184. The lowest BCUT2D eigenvalue weighted by molar-refractivity contribution is 0.256. The first kappa shape index (κ1) is 20.1. The normalized spacial score (nSPS) is 11.6. The first-order valence-corrected chi connectivity index (χ1v) is 10.2. The van der Waals surface area contributed by atoms with Crippen LogP contribution in [0.1, 0.15) is 5.56 Å². The Labute approximate surface area is 174 Å². The Morgan fingerprint density at radius 1 is 0.893 bits per heavy atom. The van der Waals surface area contributed by atoms with Crippen molar-refractivity contribution < 1.29 is 13.6 Å². The van der Waals surface area contributed by atoms with Crippen LogP contribution in [0.15, 0.2) is 83.3 Å². The summed E-state index contributed by atoms with van der Waals surface area (Å²) in [5.41, 5.74) is 7.87. The van der Waals surface area contributed by atoms with Gasteiger partial charge >= 0.3 is 6.03 Å². The average molecular weight is 460 g/mol. The Hall–Kier alpha value is -2.68. The maximum Gasteiger partial charge on any atom is 0.323 e. The second-order valence-electron chi connectivity index (χ2n) is 5.87. The summed E-state index contributed by atoms with van der Waals surface area (Å²) in [5, 5.41) is 0. The number of carbonyl (C=O) groups excluding carboxylic acids is 1. The van der Waals surface area contributed by atoms with Crippen molar-refractivity contribution in [2.45, 2.75) is 6.54 Å². The number of nitrogens with zero attached hydrogens (tertiary/aromatic N) is 2. The molecule has 28 heavy (non-hydrogen) atoms. The maximum atomic E-state index is 12.3. The third kappa shape index (κ3) is 4.41. The molecule has 3 N–H and O–H groups in total. The third-order valence-corrected chi connectivity index (χ3v) is 5.44. The number of rotatable bonds is 6. The predicted molar refractivity (Wildman–Crippen MR) is 116 cm³/mol. The highest BCUT2D eigenvalue weighted by Crippen LogP contribution is 2.38. The maximum absolute atomic E-state index is 12.3. The van der Waals surface area contributed by atoms with Crippen molar-refractivity contribution >= 4 is 50.3 Å². The van der Waals surface area contributed by atoms with Crippen LogP contribution < -0.4 is 14.9 Å². The van der Waals surface area contributed by atoms with Crippen molar-refractivity contribution in [2.75, 3.05) is 9.21 Å². The summed E-state index contributed by atoms with van der Waals surface area (Å²) in [6.07, 6.45) is 0. The van der Waals surface area contributed by atoms with E-state index in [0.717, 1.165) is 5.56 Å². The van der Waals surface area contributed by atoms with E-state index in [0.29, 0.717) is 21.5 Å². The molecule has 3 rings (SSSR count). The molecule has 0 saturated carbocycles. The van der Waals surface area contributed by atoms with Gasteiger partial charge in [0.05, 0.1) is 23.6 Å². The molecule has 0 radical (unpaired) electrons.